The van der Waals surface area contributed by atoms with Crippen molar-refractivity contribution in [2.75, 3.05) is 19.3 Å². The molecule has 1 saturated heterocycles. The lowest BCUT2D eigenvalue weighted by Crippen LogP contribution is -2.37. The van der Waals surface area contributed by atoms with E-state index in [1.807, 2.05) is 60.9 Å². The van der Waals surface area contributed by atoms with E-state index in [-0.39, 0.29) is 29.9 Å². The zero-order valence-corrected chi connectivity index (χ0v) is 19.7. The number of hydrogen-bond donors (Lipinski definition) is 1. The highest BCUT2D eigenvalue weighted by molar-refractivity contribution is 8.18. The third kappa shape index (κ3) is 5.20. The number of rotatable bonds is 7. The Balaban J connectivity index is 1.36. The molecular formula is C24H21N3O4S2. The molecule has 2 aromatic carbocycles. The highest BCUT2D eigenvalue weighted by Crippen LogP contribution is 2.32. The third-order valence-corrected chi connectivity index (χ3v) is 6.59. The second-order valence-corrected chi connectivity index (χ2v) is 9.03. The minimum Gasteiger partial charge on any atom is -0.441 e. The molecule has 0 spiro atoms. The highest BCUT2D eigenvalue weighted by atomic mass is 32.2. The predicted octanol–water partition coefficient (Wildman–Crippen LogP) is 4.84. The molecular weight excluding hydrogens is 458 g/mol. The Morgan fingerprint density at radius 2 is 1.88 bits per heavy atom. The van der Waals surface area contributed by atoms with Gasteiger partial charge in [0.05, 0.1) is 4.91 Å². The van der Waals surface area contributed by atoms with Crippen LogP contribution >= 0.6 is 23.5 Å². The Morgan fingerprint density at radius 3 is 2.58 bits per heavy atom. The first-order valence-electron chi connectivity index (χ1n) is 10.2. The molecule has 2 heterocycles. The summed E-state index contributed by atoms with van der Waals surface area (Å²) in [5.41, 5.74) is 1.80. The molecule has 4 rings (SSSR count). The van der Waals surface area contributed by atoms with Gasteiger partial charge in [0.2, 0.25) is 5.89 Å². The first kappa shape index (κ1) is 22.9. The van der Waals surface area contributed by atoms with Gasteiger partial charge in [-0.05, 0) is 60.8 Å². The van der Waals surface area contributed by atoms with E-state index in [9.17, 15) is 14.4 Å². The summed E-state index contributed by atoms with van der Waals surface area (Å²) in [6.45, 7) is 1.85. The van der Waals surface area contributed by atoms with Crippen LogP contribution in [-0.4, -0.2) is 46.3 Å². The quantitative estimate of drug-likeness (QED) is 0.383. The van der Waals surface area contributed by atoms with E-state index < -0.39 is 5.91 Å². The fourth-order valence-electron chi connectivity index (χ4n) is 3.22. The Bertz CT molecular complexity index is 1220. The number of aryl methyl sites for hydroxylation is 1. The normalized spacial score (nSPS) is 14.8. The van der Waals surface area contributed by atoms with Crippen molar-refractivity contribution in [2.24, 2.45) is 0 Å². The Labute approximate surface area is 199 Å². The van der Waals surface area contributed by atoms with Gasteiger partial charge in [-0.15, -0.1) is 11.8 Å². The molecule has 1 fully saturated rings. The van der Waals surface area contributed by atoms with Gasteiger partial charge >= 0.3 is 0 Å². The molecule has 1 aliphatic heterocycles. The number of benzene rings is 2. The molecule has 0 radical (unpaired) electrons. The molecule has 7 nitrogen and oxygen atoms in total. The van der Waals surface area contributed by atoms with Crippen LogP contribution in [0.2, 0.25) is 0 Å². The monoisotopic (exact) mass is 479 g/mol. The third-order valence-electron chi connectivity index (χ3n) is 4.94. The summed E-state index contributed by atoms with van der Waals surface area (Å²) in [5.74, 6) is -0.0279. The molecule has 1 aliphatic rings. The van der Waals surface area contributed by atoms with Gasteiger partial charge < -0.3 is 9.73 Å². The van der Waals surface area contributed by atoms with Crippen molar-refractivity contribution in [1.29, 1.82) is 0 Å². The van der Waals surface area contributed by atoms with Crippen molar-refractivity contribution in [3.63, 3.8) is 0 Å². The van der Waals surface area contributed by atoms with Crippen molar-refractivity contribution in [3.05, 3.63) is 76.5 Å². The first-order valence-corrected chi connectivity index (χ1v) is 12.2. The molecule has 3 aromatic rings. The van der Waals surface area contributed by atoms with Crippen LogP contribution in [0.5, 0.6) is 0 Å². The molecule has 3 amide bonds. The molecule has 0 bridgehead atoms. The summed E-state index contributed by atoms with van der Waals surface area (Å²) in [6.07, 6.45) is 3.70. The molecule has 0 unspecified atom stereocenters. The summed E-state index contributed by atoms with van der Waals surface area (Å²) in [5, 5.41) is 2.35. The van der Waals surface area contributed by atoms with E-state index in [4.69, 9.17) is 4.42 Å². The van der Waals surface area contributed by atoms with Crippen LogP contribution < -0.4 is 5.32 Å². The summed E-state index contributed by atoms with van der Waals surface area (Å²) < 4.78 is 5.62. The van der Waals surface area contributed by atoms with Crippen LogP contribution in [-0.2, 0) is 4.79 Å². The topological polar surface area (TPSA) is 92.5 Å². The van der Waals surface area contributed by atoms with Crippen LogP contribution in [0.4, 0.5) is 4.79 Å². The van der Waals surface area contributed by atoms with Crippen LogP contribution in [0.15, 0.2) is 68.8 Å². The van der Waals surface area contributed by atoms with Gasteiger partial charge in [-0.2, -0.15) is 0 Å². The fourth-order valence-corrected chi connectivity index (χ4v) is 4.49. The average molecular weight is 480 g/mol. The van der Waals surface area contributed by atoms with Crippen molar-refractivity contribution < 1.29 is 18.8 Å². The minimum atomic E-state index is -0.421. The van der Waals surface area contributed by atoms with Crippen molar-refractivity contribution in [1.82, 2.24) is 15.2 Å². The minimum absolute atomic E-state index is 0.0710. The number of hydrogen-bond acceptors (Lipinski definition) is 7. The Kier molecular flexibility index (Phi) is 7.00. The molecule has 33 heavy (non-hydrogen) atoms. The molecule has 0 saturated carbocycles. The second kappa shape index (κ2) is 10.1. The summed E-state index contributed by atoms with van der Waals surface area (Å²) >= 11 is 2.53. The SMILES string of the molecule is CSc1ccc(/C=C2/SC(=O)N(CCNC(=O)c3nc(-c4ccccc4)oc3C)C2=O)cc1. The molecule has 0 atom stereocenters. The number of carbonyl (C=O) groups is 3. The largest absolute Gasteiger partial charge is 0.441 e. The standard InChI is InChI=1S/C24H21N3O4S2/c1-15-20(26-22(31-15)17-6-4-3-5-7-17)21(28)25-12-13-27-23(29)19(33-24(27)30)14-16-8-10-18(32-2)11-9-16/h3-11,14H,12-13H2,1-2H3,(H,25,28)/b19-14+. The fraction of sp³-hybridized carbons (Fsp3) is 0.167. The number of thioether (sulfide) groups is 2. The lowest BCUT2D eigenvalue weighted by Gasteiger charge is -2.12. The van der Waals surface area contributed by atoms with Crippen LogP contribution in [0.3, 0.4) is 0 Å². The van der Waals surface area contributed by atoms with E-state index in [1.165, 1.54) is 0 Å². The summed E-state index contributed by atoms with van der Waals surface area (Å²) in [6, 6.07) is 17.0. The zero-order valence-electron chi connectivity index (χ0n) is 18.0. The zero-order chi connectivity index (χ0) is 23.4. The van der Waals surface area contributed by atoms with Crippen molar-refractivity contribution >= 4 is 46.7 Å². The summed E-state index contributed by atoms with van der Waals surface area (Å²) in [4.78, 5) is 44.5. The number of oxazole rings is 1. The van der Waals surface area contributed by atoms with Gasteiger partial charge in [0, 0.05) is 23.5 Å². The van der Waals surface area contributed by atoms with Gasteiger partial charge in [0.25, 0.3) is 17.1 Å². The molecule has 168 valence electrons. The van der Waals surface area contributed by atoms with Gasteiger partial charge in [0.15, 0.2) is 5.69 Å². The van der Waals surface area contributed by atoms with Crippen LogP contribution in [0.1, 0.15) is 21.8 Å². The van der Waals surface area contributed by atoms with Gasteiger partial charge in [-0.1, -0.05) is 30.3 Å². The molecule has 9 heteroatoms. The number of aromatic nitrogens is 1. The smallest absolute Gasteiger partial charge is 0.293 e. The Hall–Kier alpha value is -3.30. The average Bonchev–Trinajstić information content (AvgIpc) is 3.34. The number of nitrogens with one attached hydrogen (secondary N) is 1. The highest BCUT2D eigenvalue weighted by Gasteiger charge is 2.34. The van der Waals surface area contributed by atoms with Gasteiger partial charge in [-0.3, -0.25) is 19.3 Å². The number of carbonyl (C=O) groups excluding carboxylic acids is 3. The van der Waals surface area contributed by atoms with Gasteiger partial charge in [-0.25, -0.2) is 4.98 Å². The molecule has 1 N–H and O–H groups in total. The van der Waals surface area contributed by atoms with E-state index in [2.05, 4.69) is 10.3 Å². The van der Waals surface area contributed by atoms with Crippen LogP contribution in [0.25, 0.3) is 17.5 Å². The van der Waals surface area contributed by atoms with E-state index in [0.717, 1.165) is 32.7 Å². The molecule has 1 aromatic heterocycles. The van der Waals surface area contributed by atoms with E-state index >= 15 is 0 Å². The lowest BCUT2D eigenvalue weighted by molar-refractivity contribution is -0.122. The summed E-state index contributed by atoms with van der Waals surface area (Å²) in [7, 11) is 0. The number of nitrogens with zero attached hydrogens (tertiary/aromatic N) is 2. The maximum absolute atomic E-state index is 12.7. The Morgan fingerprint density at radius 1 is 1.15 bits per heavy atom. The lowest BCUT2D eigenvalue weighted by atomic mass is 10.2. The van der Waals surface area contributed by atoms with Gasteiger partial charge in [0.1, 0.15) is 5.76 Å². The van der Waals surface area contributed by atoms with E-state index in [1.54, 1.807) is 24.8 Å². The first-order chi connectivity index (χ1) is 16.0. The van der Waals surface area contributed by atoms with Crippen molar-refractivity contribution in [2.45, 2.75) is 11.8 Å². The maximum atomic E-state index is 12.7. The van der Waals surface area contributed by atoms with Crippen molar-refractivity contribution in [3.8, 4) is 11.5 Å². The number of imide groups is 1. The maximum Gasteiger partial charge on any atom is 0.293 e. The van der Waals surface area contributed by atoms with E-state index in [0.29, 0.717) is 16.6 Å². The number of amides is 3. The van der Waals surface area contributed by atoms with Crippen LogP contribution in [0, 0.1) is 6.92 Å². The predicted molar refractivity (Wildman–Crippen MR) is 130 cm³/mol. The molecule has 0 aliphatic carbocycles. The second-order valence-electron chi connectivity index (χ2n) is 7.15.